The zero-order chi connectivity index (χ0) is 19.6. The van der Waals surface area contributed by atoms with Crippen molar-refractivity contribution in [1.29, 1.82) is 0 Å². The molecule has 0 atom stereocenters. The van der Waals surface area contributed by atoms with Crippen LogP contribution in [0.4, 0.5) is 5.69 Å². The van der Waals surface area contributed by atoms with Crippen molar-refractivity contribution in [2.75, 3.05) is 32.2 Å². The molecule has 2 rings (SSSR count). The minimum Gasteiger partial charge on any atom is -0.483 e. The van der Waals surface area contributed by atoms with Gasteiger partial charge in [0, 0.05) is 24.9 Å². The van der Waals surface area contributed by atoms with Crippen LogP contribution in [-0.4, -0.2) is 38.7 Å². The molecule has 2 N–H and O–H groups in total. The molecular weight excluding hydrogens is 344 g/mol. The number of benzene rings is 2. The number of methoxy groups -OCH3 is 1. The van der Waals surface area contributed by atoms with Gasteiger partial charge in [0.25, 0.3) is 11.8 Å². The van der Waals surface area contributed by atoms with E-state index in [1.54, 1.807) is 31.4 Å². The van der Waals surface area contributed by atoms with Crippen LogP contribution in [0.15, 0.2) is 48.5 Å². The van der Waals surface area contributed by atoms with Crippen LogP contribution in [0.1, 0.15) is 35.7 Å². The van der Waals surface area contributed by atoms with E-state index >= 15 is 0 Å². The van der Waals surface area contributed by atoms with Crippen LogP contribution in [0.5, 0.6) is 5.75 Å². The molecule has 0 saturated carbocycles. The second-order valence-corrected chi connectivity index (χ2v) is 6.36. The van der Waals surface area contributed by atoms with Crippen molar-refractivity contribution in [2.24, 2.45) is 0 Å². The molecule has 27 heavy (non-hydrogen) atoms. The highest BCUT2D eigenvalue weighted by Crippen LogP contribution is 2.25. The number of hydrogen-bond acceptors (Lipinski definition) is 4. The first kappa shape index (κ1) is 20.5. The quantitative estimate of drug-likeness (QED) is 0.665. The third kappa shape index (κ3) is 6.42. The average molecular weight is 370 g/mol. The van der Waals surface area contributed by atoms with E-state index in [1.165, 1.54) is 0 Å². The lowest BCUT2D eigenvalue weighted by Gasteiger charge is -2.14. The number of hydrogen-bond donors (Lipinski definition) is 2. The highest BCUT2D eigenvalue weighted by Gasteiger charge is 2.11. The second kappa shape index (κ2) is 10.3. The number of nitrogens with one attached hydrogen (secondary N) is 2. The normalized spacial score (nSPS) is 10.5. The number of carbonyl (C=O) groups excluding carboxylic acids is 2. The highest BCUT2D eigenvalue weighted by atomic mass is 16.5. The molecule has 0 unspecified atom stereocenters. The van der Waals surface area contributed by atoms with Gasteiger partial charge in [-0.1, -0.05) is 38.1 Å². The number of carbonyl (C=O) groups is 2. The predicted octanol–water partition coefficient (Wildman–Crippen LogP) is 3.20. The lowest BCUT2D eigenvalue weighted by Crippen LogP contribution is -2.27. The summed E-state index contributed by atoms with van der Waals surface area (Å²) < 4.78 is 10.6. The van der Waals surface area contributed by atoms with Gasteiger partial charge in [-0.25, -0.2) is 0 Å². The molecule has 2 aromatic carbocycles. The molecule has 0 aromatic heterocycles. The summed E-state index contributed by atoms with van der Waals surface area (Å²) in [7, 11) is 1.57. The molecule has 0 bridgehead atoms. The number of amides is 2. The van der Waals surface area contributed by atoms with Crippen LogP contribution in [0.2, 0.25) is 0 Å². The lowest BCUT2D eigenvalue weighted by molar-refractivity contribution is -0.118. The molecule has 0 saturated heterocycles. The Balaban J connectivity index is 1.92. The van der Waals surface area contributed by atoms with E-state index in [0.29, 0.717) is 36.1 Å². The Labute approximate surface area is 159 Å². The molecule has 0 heterocycles. The van der Waals surface area contributed by atoms with E-state index in [-0.39, 0.29) is 18.4 Å². The van der Waals surface area contributed by atoms with E-state index < -0.39 is 0 Å². The van der Waals surface area contributed by atoms with Crippen molar-refractivity contribution in [3.63, 3.8) is 0 Å². The van der Waals surface area contributed by atoms with Gasteiger partial charge in [0.05, 0.1) is 6.61 Å². The van der Waals surface area contributed by atoms with Gasteiger partial charge in [-0.05, 0) is 35.7 Å². The van der Waals surface area contributed by atoms with Crippen molar-refractivity contribution in [3.05, 3.63) is 59.7 Å². The zero-order valence-corrected chi connectivity index (χ0v) is 16.0. The Bertz CT molecular complexity index is 774. The fourth-order valence-corrected chi connectivity index (χ4v) is 2.54. The van der Waals surface area contributed by atoms with E-state index in [9.17, 15) is 9.59 Å². The van der Waals surface area contributed by atoms with Crippen molar-refractivity contribution in [2.45, 2.75) is 19.8 Å². The first-order valence-electron chi connectivity index (χ1n) is 8.90. The molecule has 144 valence electrons. The Morgan fingerprint density at radius 1 is 1.07 bits per heavy atom. The minimum atomic E-state index is -0.287. The number of para-hydroxylation sites is 1. The summed E-state index contributed by atoms with van der Waals surface area (Å²) in [5, 5.41) is 5.50. The Morgan fingerprint density at radius 2 is 1.85 bits per heavy atom. The first-order valence-corrected chi connectivity index (χ1v) is 8.90. The number of ether oxygens (including phenoxy) is 2. The van der Waals surface area contributed by atoms with Crippen LogP contribution in [-0.2, 0) is 9.53 Å². The zero-order valence-electron chi connectivity index (χ0n) is 16.0. The molecular formula is C21H26N2O4. The standard InChI is InChI=1S/C21H26N2O4/c1-15(2)18-9-4-5-10-19(18)27-14-20(24)23-17-8-6-7-16(13-17)21(25)22-11-12-26-3/h4-10,13,15H,11-12,14H2,1-3H3,(H,22,25)(H,23,24). The molecule has 0 aliphatic heterocycles. The summed E-state index contributed by atoms with van der Waals surface area (Å²) in [5.74, 6) is 0.502. The van der Waals surface area contributed by atoms with Crippen molar-refractivity contribution in [3.8, 4) is 5.75 Å². The number of rotatable bonds is 9. The molecule has 0 spiro atoms. The van der Waals surface area contributed by atoms with Crippen molar-refractivity contribution >= 4 is 17.5 Å². The van der Waals surface area contributed by atoms with Gasteiger partial charge in [-0.2, -0.15) is 0 Å². The lowest BCUT2D eigenvalue weighted by atomic mass is 10.0. The van der Waals surface area contributed by atoms with Gasteiger partial charge in [-0.15, -0.1) is 0 Å². The van der Waals surface area contributed by atoms with Crippen LogP contribution in [0.25, 0.3) is 0 Å². The Kier molecular flexibility index (Phi) is 7.82. The largest absolute Gasteiger partial charge is 0.483 e. The van der Waals surface area contributed by atoms with E-state index in [0.717, 1.165) is 5.56 Å². The predicted molar refractivity (Wildman–Crippen MR) is 105 cm³/mol. The second-order valence-electron chi connectivity index (χ2n) is 6.36. The van der Waals surface area contributed by atoms with Crippen LogP contribution < -0.4 is 15.4 Å². The van der Waals surface area contributed by atoms with Gasteiger partial charge < -0.3 is 20.1 Å². The minimum absolute atomic E-state index is 0.103. The van der Waals surface area contributed by atoms with E-state index in [4.69, 9.17) is 9.47 Å². The third-order valence-electron chi connectivity index (χ3n) is 3.90. The first-order chi connectivity index (χ1) is 13.0. The Morgan fingerprint density at radius 3 is 2.59 bits per heavy atom. The molecule has 0 aliphatic carbocycles. The molecule has 2 amide bonds. The maximum absolute atomic E-state index is 12.2. The maximum atomic E-state index is 12.2. The summed E-state index contributed by atoms with van der Waals surface area (Å²) in [6.07, 6.45) is 0. The average Bonchev–Trinajstić information content (AvgIpc) is 2.67. The fraction of sp³-hybridized carbons (Fsp3) is 0.333. The van der Waals surface area contributed by atoms with Crippen LogP contribution in [0.3, 0.4) is 0 Å². The topological polar surface area (TPSA) is 76.7 Å². The van der Waals surface area contributed by atoms with E-state index in [2.05, 4.69) is 24.5 Å². The third-order valence-corrected chi connectivity index (χ3v) is 3.90. The summed E-state index contributed by atoms with van der Waals surface area (Å²) >= 11 is 0. The fourth-order valence-electron chi connectivity index (χ4n) is 2.54. The molecule has 0 radical (unpaired) electrons. The molecule has 0 aliphatic rings. The molecule has 6 nitrogen and oxygen atoms in total. The van der Waals surface area contributed by atoms with Gasteiger partial charge in [0.15, 0.2) is 6.61 Å². The van der Waals surface area contributed by atoms with Gasteiger partial charge in [-0.3, -0.25) is 9.59 Å². The van der Waals surface area contributed by atoms with E-state index in [1.807, 2.05) is 24.3 Å². The molecule has 6 heteroatoms. The van der Waals surface area contributed by atoms with Crippen molar-refractivity contribution < 1.29 is 19.1 Å². The van der Waals surface area contributed by atoms with Crippen molar-refractivity contribution in [1.82, 2.24) is 5.32 Å². The van der Waals surface area contributed by atoms with Gasteiger partial charge >= 0.3 is 0 Å². The SMILES string of the molecule is COCCNC(=O)c1cccc(NC(=O)COc2ccccc2C(C)C)c1. The maximum Gasteiger partial charge on any atom is 0.262 e. The smallest absolute Gasteiger partial charge is 0.262 e. The van der Waals surface area contributed by atoms with Crippen LogP contribution in [0, 0.1) is 0 Å². The number of anilines is 1. The van der Waals surface area contributed by atoms with Gasteiger partial charge in [0.1, 0.15) is 5.75 Å². The summed E-state index contributed by atoms with van der Waals surface area (Å²) in [5.41, 5.74) is 2.06. The summed E-state index contributed by atoms with van der Waals surface area (Å²) in [6.45, 7) is 4.91. The van der Waals surface area contributed by atoms with Gasteiger partial charge in [0.2, 0.25) is 0 Å². The summed E-state index contributed by atoms with van der Waals surface area (Å²) in [4.78, 5) is 24.3. The Hall–Kier alpha value is -2.86. The summed E-state index contributed by atoms with van der Waals surface area (Å²) in [6, 6.07) is 14.4. The molecule has 2 aromatic rings. The monoisotopic (exact) mass is 370 g/mol. The highest BCUT2D eigenvalue weighted by molar-refractivity contribution is 5.97. The van der Waals surface area contributed by atoms with Crippen LogP contribution >= 0.6 is 0 Å². The molecule has 0 fully saturated rings.